The number of carboxylic acid groups (broad SMARTS) is 2. The lowest BCUT2D eigenvalue weighted by atomic mass is 10.9. The highest BCUT2D eigenvalue weighted by molar-refractivity contribution is 15.0. The highest BCUT2D eigenvalue weighted by Crippen LogP contribution is 1.89. The molecule has 62 valence electrons. The van der Waals surface area contributed by atoms with Crippen LogP contribution >= 0.6 is 37.2 Å². The molecule has 0 aromatic rings. The van der Waals surface area contributed by atoms with Crippen molar-refractivity contribution in [1.82, 2.24) is 0 Å². The first-order chi connectivity index (χ1) is 4.46. The van der Waals surface area contributed by atoms with Crippen molar-refractivity contribution in [2.45, 2.75) is 13.8 Å². The van der Waals surface area contributed by atoms with Gasteiger partial charge in [-0.3, -0.25) is 9.59 Å². The third-order valence-electron chi connectivity index (χ3n) is 0. The molecule has 0 radical (unpaired) electrons. The number of hydrogen-bond acceptors (Lipinski definition) is 2. The molecule has 0 spiro atoms. The molecule has 0 fully saturated rings. The third-order valence-corrected chi connectivity index (χ3v) is 0. The van der Waals surface area contributed by atoms with Gasteiger partial charge in [0.2, 0.25) is 0 Å². The summed E-state index contributed by atoms with van der Waals surface area (Å²) in [6.45, 7) is 2.17. The lowest BCUT2D eigenvalue weighted by Crippen LogP contribution is -1.78. The van der Waals surface area contributed by atoms with E-state index >= 15 is 0 Å². The van der Waals surface area contributed by atoms with Gasteiger partial charge in [-0.2, -0.15) is 0 Å². The minimum Gasteiger partial charge on any atom is -0.481 e. The molecule has 0 aromatic heterocycles. The average molecular weight is 374 g/mol. The molecule has 0 unspecified atom stereocenters. The van der Waals surface area contributed by atoms with Crippen molar-refractivity contribution < 1.29 is 19.8 Å². The molecule has 0 saturated heterocycles. The van der Waals surface area contributed by atoms with E-state index in [1.165, 1.54) is 0 Å². The van der Waals surface area contributed by atoms with E-state index in [-0.39, 0.29) is 0 Å². The van der Waals surface area contributed by atoms with E-state index in [1.807, 2.05) is 0 Å². The molecule has 4 nitrogen and oxygen atoms in total. The largest absolute Gasteiger partial charge is 0.481 e. The van der Waals surface area contributed by atoms with Crippen LogP contribution in [0.15, 0.2) is 0 Å². The zero-order valence-electron chi connectivity index (χ0n) is 5.47. The van der Waals surface area contributed by atoms with E-state index < -0.39 is 11.9 Å². The first kappa shape index (κ1) is 16.8. The maximum atomic E-state index is 9.00. The number of aliphatic carboxylic acids is 2. The Bertz CT molecular complexity index is 73.3. The summed E-state index contributed by atoms with van der Waals surface area (Å²) in [6, 6.07) is 0. The van der Waals surface area contributed by atoms with E-state index in [1.54, 1.807) is 0 Å². The van der Waals surface area contributed by atoms with E-state index in [4.69, 9.17) is 19.8 Å². The Kier molecular flexibility index (Phi) is 27.2. The van der Waals surface area contributed by atoms with Gasteiger partial charge in [0, 0.05) is 51.1 Å². The second-order valence-corrected chi connectivity index (χ2v) is 1.04. The predicted molar refractivity (Wildman–Crippen MR) is 54.7 cm³/mol. The average Bonchev–Trinajstić information content (AvgIpc) is 1.66. The summed E-state index contributed by atoms with van der Waals surface area (Å²) in [5, 5.41) is 14.8. The van der Waals surface area contributed by atoms with Crippen LogP contribution in [0.2, 0.25) is 0 Å². The van der Waals surface area contributed by atoms with Gasteiger partial charge in [0.1, 0.15) is 0 Å². The van der Waals surface area contributed by atoms with Crippen LogP contribution in [-0.4, -0.2) is 22.2 Å². The Hall–Kier alpha value is 0.400. The van der Waals surface area contributed by atoms with Crippen LogP contribution in [0.5, 0.6) is 0 Å². The van der Waals surface area contributed by atoms with E-state index in [0.29, 0.717) is 0 Å². The number of carboxylic acids is 2. The van der Waals surface area contributed by atoms with Crippen molar-refractivity contribution >= 4 is 49.2 Å². The third kappa shape index (κ3) is 2870. The second-order valence-electron chi connectivity index (χ2n) is 1.04. The van der Waals surface area contributed by atoms with Gasteiger partial charge in [0.25, 0.3) is 11.9 Å². The van der Waals surface area contributed by atoms with Crippen molar-refractivity contribution in [3.8, 4) is 0 Å². The fourth-order valence-electron chi connectivity index (χ4n) is 0. The molecular weight excluding hydrogens is 366 g/mol. The molecule has 0 aliphatic carbocycles. The molecule has 0 amide bonds. The number of carbonyl (C=O) groups is 2. The summed E-state index contributed by atoms with van der Waals surface area (Å²) in [5.41, 5.74) is 0. The zero-order chi connectivity index (χ0) is 9.15. The van der Waals surface area contributed by atoms with Gasteiger partial charge in [0.15, 0.2) is 0 Å². The molecule has 2 N–H and O–H groups in total. The van der Waals surface area contributed by atoms with Gasteiger partial charge in [-0.1, -0.05) is 0 Å². The minimum absolute atomic E-state index is 0.833. The van der Waals surface area contributed by atoms with Crippen LogP contribution < -0.4 is 0 Å². The van der Waals surface area contributed by atoms with Gasteiger partial charge >= 0.3 is 0 Å². The van der Waals surface area contributed by atoms with Crippen molar-refractivity contribution in [3.63, 3.8) is 0 Å². The van der Waals surface area contributed by atoms with Crippen LogP contribution in [0.3, 0.4) is 0 Å². The van der Waals surface area contributed by atoms with Crippen LogP contribution in [-0.2, 0) is 9.59 Å². The standard InChI is InChI=1S/2C2H4O2.I2/c2*1-2(3)4;1-2/h2*1H3,(H,3,4);. The van der Waals surface area contributed by atoms with Crippen LogP contribution in [0, 0.1) is 0 Å². The molecule has 0 atom stereocenters. The van der Waals surface area contributed by atoms with Crippen LogP contribution in [0.25, 0.3) is 0 Å². The van der Waals surface area contributed by atoms with E-state index in [9.17, 15) is 0 Å². The molecule has 6 heteroatoms. The molecule has 0 aliphatic heterocycles. The zero-order valence-corrected chi connectivity index (χ0v) is 9.78. The highest BCUT2D eigenvalue weighted by Gasteiger charge is 1.65. The number of hydrogen-bond donors (Lipinski definition) is 2. The van der Waals surface area contributed by atoms with Gasteiger partial charge in [-0.25, -0.2) is 0 Å². The summed E-state index contributed by atoms with van der Waals surface area (Å²) < 4.78 is 0. The summed E-state index contributed by atoms with van der Waals surface area (Å²) >= 11 is 4.24. The summed E-state index contributed by atoms with van der Waals surface area (Å²) in [6.07, 6.45) is 0. The summed E-state index contributed by atoms with van der Waals surface area (Å²) in [5.74, 6) is -1.67. The smallest absolute Gasteiger partial charge is 0.300 e. The quantitative estimate of drug-likeness (QED) is 0.636. The maximum absolute atomic E-state index is 9.00. The SMILES string of the molecule is CC(=O)O.CC(=O)O.II. The minimum atomic E-state index is -0.833. The molecule has 0 bridgehead atoms. The molecule has 0 saturated carbocycles. The Morgan fingerprint density at radius 3 is 1.00 bits per heavy atom. The van der Waals surface area contributed by atoms with Gasteiger partial charge in [0.05, 0.1) is 0 Å². The Morgan fingerprint density at radius 2 is 1.00 bits per heavy atom. The Balaban J connectivity index is -0.0000000787. The molecule has 0 aliphatic rings. The molecule has 10 heavy (non-hydrogen) atoms. The predicted octanol–water partition coefficient (Wildman–Crippen LogP) is 1.95. The van der Waals surface area contributed by atoms with Crippen LogP contribution in [0.4, 0.5) is 0 Å². The van der Waals surface area contributed by atoms with Crippen molar-refractivity contribution in [2.24, 2.45) is 0 Å². The van der Waals surface area contributed by atoms with E-state index in [0.717, 1.165) is 13.8 Å². The molecule has 0 aromatic carbocycles. The fourth-order valence-corrected chi connectivity index (χ4v) is 0. The van der Waals surface area contributed by atoms with Gasteiger partial charge in [-0.15, -0.1) is 0 Å². The van der Waals surface area contributed by atoms with Crippen molar-refractivity contribution in [3.05, 3.63) is 0 Å². The maximum Gasteiger partial charge on any atom is 0.300 e. The fraction of sp³-hybridized carbons (Fsp3) is 0.500. The van der Waals surface area contributed by atoms with E-state index in [2.05, 4.69) is 37.2 Å². The Labute approximate surface area is 82.3 Å². The molecular formula is C4H8I2O4. The summed E-state index contributed by atoms with van der Waals surface area (Å²) in [7, 11) is 0. The van der Waals surface area contributed by atoms with Gasteiger partial charge in [-0.05, 0) is 0 Å². The Morgan fingerprint density at radius 1 is 1.00 bits per heavy atom. The highest BCUT2D eigenvalue weighted by atomic mass is 128. The summed E-state index contributed by atoms with van der Waals surface area (Å²) in [4.78, 5) is 18.0. The number of halogens is 2. The monoisotopic (exact) mass is 374 g/mol. The topological polar surface area (TPSA) is 74.6 Å². The lowest BCUT2D eigenvalue weighted by Gasteiger charge is -1.59. The molecule has 0 heterocycles. The van der Waals surface area contributed by atoms with Crippen molar-refractivity contribution in [2.75, 3.05) is 0 Å². The second kappa shape index (κ2) is 16.2. The number of rotatable bonds is 0. The first-order valence-corrected chi connectivity index (χ1v) is 8.28. The lowest BCUT2D eigenvalue weighted by molar-refractivity contribution is -0.135. The first-order valence-electron chi connectivity index (χ1n) is 2.00. The van der Waals surface area contributed by atoms with Crippen molar-refractivity contribution in [1.29, 1.82) is 0 Å². The van der Waals surface area contributed by atoms with Crippen LogP contribution in [0.1, 0.15) is 13.8 Å². The normalized spacial score (nSPS) is 5.60. The van der Waals surface area contributed by atoms with Gasteiger partial charge < -0.3 is 10.2 Å². The molecule has 0 rings (SSSR count).